The summed E-state index contributed by atoms with van der Waals surface area (Å²) in [6.07, 6.45) is 0. The Morgan fingerprint density at radius 1 is 1.25 bits per heavy atom. The number of rotatable bonds is 6. The maximum atomic E-state index is 5.65. The molecule has 1 atom stereocenters. The molecular weight excluding hydrogens is 302 g/mol. The molecule has 1 heterocycles. The Labute approximate surface area is 144 Å². The third kappa shape index (κ3) is 4.78. The molecule has 1 aromatic heterocycles. The molecule has 0 saturated heterocycles. The molecule has 0 aliphatic carbocycles. The van der Waals surface area contributed by atoms with Crippen LogP contribution in [0.5, 0.6) is 5.75 Å². The highest BCUT2D eigenvalue weighted by Gasteiger charge is 2.11. The summed E-state index contributed by atoms with van der Waals surface area (Å²) in [6.45, 7) is 9.41. The number of benzene rings is 1. The molecule has 0 amide bonds. The van der Waals surface area contributed by atoms with E-state index >= 15 is 0 Å². The van der Waals surface area contributed by atoms with E-state index in [0.29, 0.717) is 13.2 Å². The van der Waals surface area contributed by atoms with Gasteiger partial charge < -0.3 is 19.8 Å². The van der Waals surface area contributed by atoms with Crippen LogP contribution in [0.1, 0.15) is 42.5 Å². The molecule has 0 spiro atoms. The van der Waals surface area contributed by atoms with Crippen LogP contribution in [0.15, 0.2) is 39.7 Å². The van der Waals surface area contributed by atoms with Crippen molar-refractivity contribution in [2.75, 3.05) is 13.7 Å². The van der Waals surface area contributed by atoms with Gasteiger partial charge in [-0.05, 0) is 57.0 Å². The fourth-order valence-corrected chi connectivity index (χ4v) is 2.48. The van der Waals surface area contributed by atoms with Crippen molar-refractivity contribution in [3.63, 3.8) is 0 Å². The first-order valence-corrected chi connectivity index (χ1v) is 8.29. The van der Waals surface area contributed by atoms with Gasteiger partial charge in [-0.3, -0.25) is 4.99 Å². The molecule has 5 heteroatoms. The number of nitrogens with one attached hydrogen (secondary N) is 2. The molecule has 2 rings (SSSR count). The minimum Gasteiger partial charge on any atom is -0.494 e. The summed E-state index contributed by atoms with van der Waals surface area (Å²) in [5.74, 6) is 3.48. The van der Waals surface area contributed by atoms with Gasteiger partial charge in [0.1, 0.15) is 17.3 Å². The Hall–Kier alpha value is -2.43. The topological polar surface area (TPSA) is 58.8 Å². The predicted octanol–water partition coefficient (Wildman–Crippen LogP) is 3.72. The smallest absolute Gasteiger partial charge is 0.191 e. The van der Waals surface area contributed by atoms with Gasteiger partial charge in [0.2, 0.25) is 0 Å². The molecule has 130 valence electrons. The summed E-state index contributed by atoms with van der Waals surface area (Å²) in [6, 6.07) is 10.2. The number of aliphatic imine (C=N–C) groups is 1. The molecule has 1 aromatic carbocycles. The van der Waals surface area contributed by atoms with Crippen LogP contribution in [0.3, 0.4) is 0 Å². The molecule has 0 radical (unpaired) electrons. The normalized spacial score (nSPS) is 12.8. The number of nitrogens with zero attached hydrogens (tertiary/aromatic N) is 1. The third-order valence-electron chi connectivity index (χ3n) is 3.76. The van der Waals surface area contributed by atoms with Gasteiger partial charge >= 0.3 is 0 Å². The first kappa shape index (κ1) is 17.9. The van der Waals surface area contributed by atoms with Crippen LogP contribution in [-0.4, -0.2) is 19.6 Å². The van der Waals surface area contributed by atoms with Crippen molar-refractivity contribution in [2.45, 2.75) is 40.3 Å². The lowest BCUT2D eigenvalue weighted by Gasteiger charge is -2.17. The van der Waals surface area contributed by atoms with E-state index in [1.54, 1.807) is 7.05 Å². The number of aryl methyl sites for hydroxylation is 2. The van der Waals surface area contributed by atoms with Crippen molar-refractivity contribution in [1.82, 2.24) is 10.6 Å². The quantitative estimate of drug-likeness (QED) is 0.626. The van der Waals surface area contributed by atoms with Crippen molar-refractivity contribution in [3.8, 4) is 5.75 Å². The summed E-state index contributed by atoms with van der Waals surface area (Å²) in [7, 11) is 1.76. The Morgan fingerprint density at radius 3 is 2.62 bits per heavy atom. The molecule has 5 nitrogen and oxygen atoms in total. The molecule has 1 unspecified atom stereocenters. The van der Waals surface area contributed by atoms with Crippen LogP contribution < -0.4 is 15.4 Å². The molecule has 0 fully saturated rings. The van der Waals surface area contributed by atoms with E-state index in [4.69, 9.17) is 9.15 Å². The van der Waals surface area contributed by atoms with Gasteiger partial charge in [-0.25, -0.2) is 0 Å². The summed E-state index contributed by atoms with van der Waals surface area (Å²) in [5.41, 5.74) is 2.32. The summed E-state index contributed by atoms with van der Waals surface area (Å²) in [5, 5.41) is 6.66. The minimum absolute atomic E-state index is 0.0481. The fraction of sp³-hybridized carbons (Fsp3) is 0.421. The Morgan fingerprint density at radius 2 is 2.04 bits per heavy atom. The van der Waals surface area contributed by atoms with Gasteiger partial charge in [-0.15, -0.1) is 0 Å². The molecule has 24 heavy (non-hydrogen) atoms. The molecule has 0 saturated carbocycles. The van der Waals surface area contributed by atoms with E-state index in [1.165, 1.54) is 5.56 Å². The van der Waals surface area contributed by atoms with Crippen LogP contribution in [0.25, 0.3) is 0 Å². The van der Waals surface area contributed by atoms with Gasteiger partial charge in [-0.2, -0.15) is 0 Å². The highest BCUT2D eigenvalue weighted by Crippen LogP contribution is 2.19. The van der Waals surface area contributed by atoms with E-state index < -0.39 is 0 Å². The van der Waals surface area contributed by atoms with Gasteiger partial charge in [0.15, 0.2) is 5.96 Å². The molecule has 0 bridgehead atoms. The summed E-state index contributed by atoms with van der Waals surface area (Å²) in [4.78, 5) is 4.27. The van der Waals surface area contributed by atoms with Crippen molar-refractivity contribution < 1.29 is 9.15 Å². The van der Waals surface area contributed by atoms with Crippen molar-refractivity contribution in [2.24, 2.45) is 4.99 Å². The molecule has 2 aromatic rings. The van der Waals surface area contributed by atoms with E-state index in [2.05, 4.69) is 34.7 Å². The largest absolute Gasteiger partial charge is 0.494 e. The number of hydrogen-bond donors (Lipinski definition) is 2. The highest BCUT2D eigenvalue weighted by atomic mass is 16.5. The van der Waals surface area contributed by atoms with Crippen LogP contribution in [0, 0.1) is 13.8 Å². The third-order valence-corrected chi connectivity index (χ3v) is 3.76. The second kappa shape index (κ2) is 8.43. The van der Waals surface area contributed by atoms with Crippen molar-refractivity contribution in [1.29, 1.82) is 0 Å². The average Bonchev–Trinajstić information content (AvgIpc) is 3.00. The monoisotopic (exact) mass is 329 g/mol. The maximum Gasteiger partial charge on any atom is 0.191 e. The first-order chi connectivity index (χ1) is 11.5. The SMILES string of the molecule is CCOc1ccc(CNC(=NC)NC(C)c2ccc(C)o2)cc1C. The van der Waals surface area contributed by atoms with E-state index in [9.17, 15) is 0 Å². The predicted molar refractivity (Wildman–Crippen MR) is 97.5 cm³/mol. The van der Waals surface area contributed by atoms with Crippen molar-refractivity contribution >= 4 is 5.96 Å². The van der Waals surface area contributed by atoms with Crippen LogP contribution in [0.4, 0.5) is 0 Å². The lowest BCUT2D eigenvalue weighted by Crippen LogP contribution is -2.38. The van der Waals surface area contributed by atoms with E-state index in [1.807, 2.05) is 39.0 Å². The second-order valence-electron chi connectivity index (χ2n) is 5.77. The molecular formula is C19H27N3O2. The second-order valence-corrected chi connectivity index (χ2v) is 5.77. The van der Waals surface area contributed by atoms with Crippen molar-refractivity contribution in [3.05, 3.63) is 53.0 Å². The number of hydrogen-bond acceptors (Lipinski definition) is 3. The molecule has 0 aliphatic heterocycles. The molecule has 2 N–H and O–H groups in total. The van der Waals surface area contributed by atoms with Gasteiger partial charge in [0.05, 0.1) is 12.6 Å². The average molecular weight is 329 g/mol. The summed E-state index contributed by atoms with van der Waals surface area (Å²) >= 11 is 0. The number of ether oxygens (including phenoxy) is 1. The van der Waals surface area contributed by atoms with Gasteiger partial charge in [0, 0.05) is 13.6 Å². The fourth-order valence-electron chi connectivity index (χ4n) is 2.48. The zero-order valence-electron chi connectivity index (χ0n) is 15.1. The lowest BCUT2D eigenvalue weighted by atomic mass is 10.1. The Balaban J connectivity index is 1.93. The summed E-state index contributed by atoms with van der Waals surface area (Å²) < 4.78 is 11.2. The van der Waals surface area contributed by atoms with Gasteiger partial charge in [-0.1, -0.05) is 12.1 Å². The van der Waals surface area contributed by atoms with Gasteiger partial charge in [0.25, 0.3) is 0 Å². The zero-order chi connectivity index (χ0) is 17.5. The zero-order valence-corrected chi connectivity index (χ0v) is 15.1. The Kier molecular flexibility index (Phi) is 6.29. The first-order valence-electron chi connectivity index (χ1n) is 8.29. The standard InChI is InChI=1S/C19H27N3O2/c1-6-23-17-10-8-16(11-13(17)2)12-21-19(20-5)22-15(4)18-9-7-14(3)24-18/h7-11,15H,6,12H2,1-5H3,(H2,20,21,22). The lowest BCUT2D eigenvalue weighted by molar-refractivity contribution is 0.338. The Bertz CT molecular complexity index is 692. The van der Waals surface area contributed by atoms with Crippen LogP contribution in [0.2, 0.25) is 0 Å². The molecule has 0 aliphatic rings. The maximum absolute atomic E-state index is 5.65. The highest BCUT2D eigenvalue weighted by molar-refractivity contribution is 5.80. The van der Waals surface area contributed by atoms with E-state index in [-0.39, 0.29) is 6.04 Å². The van der Waals surface area contributed by atoms with Crippen LogP contribution >= 0.6 is 0 Å². The number of furan rings is 1. The van der Waals surface area contributed by atoms with E-state index in [0.717, 1.165) is 28.8 Å². The minimum atomic E-state index is 0.0481. The number of guanidine groups is 1. The van der Waals surface area contributed by atoms with Crippen LogP contribution in [-0.2, 0) is 6.54 Å².